The maximum atomic E-state index is 12.3. The normalized spacial score (nSPS) is 12.4. The molecule has 0 aliphatic rings. The quantitative estimate of drug-likeness (QED) is 0.779. The van der Waals surface area contributed by atoms with E-state index in [9.17, 15) is 9.90 Å². The fourth-order valence-electron chi connectivity index (χ4n) is 2.42. The first-order valence-electron chi connectivity index (χ1n) is 7.27. The van der Waals surface area contributed by atoms with Crippen molar-refractivity contribution in [2.45, 2.75) is 25.5 Å². The van der Waals surface area contributed by atoms with Crippen LogP contribution in [0.3, 0.4) is 0 Å². The van der Waals surface area contributed by atoms with E-state index >= 15 is 0 Å². The third-order valence-corrected chi connectivity index (χ3v) is 3.62. The van der Waals surface area contributed by atoms with E-state index in [2.05, 4.69) is 10.1 Å². The average Bonchev–Trinajstić information content (AvgIpc) is 2.57. The smallest absolute Gasteiger partial charge is 0.276 e. The number of aryl methyl sites for hydroxylation is 1. The third-order valence-electron chi connectivity index (χ3n) is 3.62. The molecule has 0 radical (unpaired) electrons. The van der Waals surface area contributed by atoms with Crippen LogP contribution in [-0.4, -0.2) is 26.0 Å². The van der Waals surface area contributed by atoms with Crippen molar-refractivity contribution in [3.05, 3.63) is 70.8 Å². The van der Waals surface area contributed by atoms with Crippen molar-refractivity contribution in [1.82, 2.24) is 14.8 Å². The fourth-order valence-corrected chi connectivity index (χ4v) is 2.42. The molecule has 2 aromatic heterocycles. The molecule has 0 amide bonds. The van der Waals surface area contributed by atoms with Crippen molar-refractivity contribution >= 4 is 10.9 Å². The fraction of sp³-hybridized carbons (Fsp3) is 0.235. The number of hydrogen-bond donors (Lipinski definition) is 1. The van der Waals surface area contributed by atoms with Gasteiger partial charge in [-0.2, -0.15) is 5.10 Å². The number of aliphatic hydroxyl groups is 1. The highest BCUT2D eigenvalue weighted by Crippen LogP contribution is 2.07. The van der Waals surface area contributed by atoms with Gasteiger partial charge in [-0.1, -0.05) is 30.3 Å². The van der Waals surface area contributed by atoms with Crippen LogP contribution in [0.5, 0.6) is 0 Å². The van der Waals surface area contributed by atoms with E-state index in [0.29, 0.717) is 17.3 Å². The molecule has 0 bridgehead atoms. The number of nitrogens with zero attached hydrogens (tertiary/aromatic N) is 3. The molecule has 0 aliphatic carbocycles. The minimum absolute atomic E-state index is 0.191. The van der Waals surface area contributed by atoms with E-state index in [1.165, 1.54) is 10.2 Å². The van der Waals surface area contributed by atoms with E-state index in [1.807, 2.05) is 30.3 Å². The summed E-state index contributed by atoms with van der Waals surface area (Å²) < 4.78 is 1.31. The predicted octanol–water partition coefficient (Wildman–Crippen LogP) is 1.79. The summed E-state index contributed by atoms with van der Waals surface area (Å²) in [6, 6.07) is 13.4. The van der Waals surface area contributed by atoms with Gasteiger partial charge in [-0.15, -0.1) is 0 Å². The van der Waals surface area contributed by atoms with Gasteiger partial charge in [0, 0.05) is 6.20 Å². The number of pyridine rings is 1. The molecule has 3 rings (SSSR count). The van der Waals surface area contributed by atoms with Gasteiger partial charge in [-0.25, -0.2) is 4.68 Å². The molecular formula is C17H17N3O2. The maximum Gasteiger partial charge on any atom is 0.276 e. The molecule has 5 heteroatoms. The van der Waals surface area contributed by atoms with Gasteiger partial charge in [0.25, 0.3) is 5.56 Å². The molecular weight excluding hydrogens is 278 g/mol. The summed E-state index contributed by atoms with van der Waals surface area (Å²) in [5, 5.41) is 14.7. The minimum Gasteiger partial charge on any atom is -0.391 e. The number of benzene rings is 1. The van der Waals surface area contributed by atoms with Gasteiger partial charge in [0.1, 0.15) is 0 Å². The zero-order chi connectivity index (χ0) is 15.4. The molecule has 1 atom stereocenters. The molecule has 1 aromatic carbocycles. The molecule has 0 saturated heterocycles. The minimum atomic E-state index is -0.612. The lowest BCUT2D eigenvalue weighted by Gasteiger charge is -2.12. The van der Waals surface area contributed by atoms with Crippen LogP contribution in [0.2, 0.25) is 0 Å². The highest BCUT2D eigenvalue weighted by atomic mass is 16.3. The van der Waals surface area contributed by atoms with Gasteiger partial charge >= 0.3 is 0 Å². The zero-order valence-electron chi connectivity index (χ0n) is 12.1. The molecule has 0 saturated carbocycles. The van der Waals surface area contributed by atoms with Gasteiger partial charge in [0.05, 0.1) is 29.7 Å². The molecule has 22 heavy (non-hydrogen) atoms. The van der Waals surface area contributed by atoms with Crippen LogP contribution in [-0.2, 0) is 13.0 Å². The monoisotopic (exact) mass is 295 g/mol. The van der Waals surface area contributed by atoms with E-state index in [4.69, 9.17) is 0 Å². The number of fused-ring (bicyclic) bond motifs is 1. The van der Waals surface area contributed by atoms with Crippen LogP contribution in [0.4, 0.5) is 0 Å². The molecule has 5 nitrogen and oxygen atoms in total. The van der Waals surface area contributed by atoms with Crippen molar-refractivity contribution < 1.29 is 5.11 Å². The van der Waals surface area contributed by atoms with Crippen molar-refractivity contribution in [3.8, 4) is 0 Å². The first-order valence-corrected chi connectivity index (χ1v) is 7.27. The van der Waals surface area contributed by atoms with Crippen LogP contribution in [0, 0.1) is 0 Å². The van der Waals surface area contributed by atoms with Crippen LogP contribution < -0.4 is 5.56 Å². The second-order valence-electron chi connectivity index (χ2n) is 5.25. The van der Waals surface area contributed by atoms with E-state index < -0.39 is 6.10 Å². The Labute approximate surface area is 127 Å². The summed E-state index contributed by atoms with van der Waals surface area (Å²) in [6.07, 6.45) is 3.93. The zero-order valence-corrected chi connectivity index (χ0v) is 12.1. The number of rotatable bonds is 5. The Kier molecular flexibility index (Phi) is 4.25. The van der Waals surface area contributed by atoms with E-state index in [-0.39, 0.29) is 12.1 Å². The molecule has 1 N–H and O–H groups in total. The molecule has 2 heterocycles. The summed E-state index contributed by atoms with van der Waals surface area (Å²) in [5.74, 6) is 0. The van der Waals surface area contributed by atoms with Crippen molar-refractivity contribution in [1.29, 1.82) is 0 Å². The second kappa shape index (κ2) is 6.49. The highest BCUT2D eigenvalue weighted by molar-refractivity contribution is 5.75. The average molecular weight is 295 g/mol. The van der Waals surface area contributed by atoms with Gasteiger partial charge in [-0.05, 0) is 30.5 Å². The lowest BCUT2D eigenvalue weighted by molar-refractivity contribution is 0.138. The Balaban J connectivity index is 1.70. The topological polar surface area (TPSA) is 68.0 Å². The molecule has 0 fully saturated rings. The maximum absolute atomic E-state index is 12.3. The first-order chi connectivity index (χ1) is 10.7. The van der Waals surface area contributed by atoms with Crippen molar-refractivity contribution in [2.75, 3.05) is 0 Å². The van der Waals surface area contributed by atoms with Crippen molar-refractivity contribution in [3.63, 3.8) is 0 Å². The number of aliphatic hydroxyl groups excluding tert-OH is 1. The summed E-state index contributed by atoms with van der Waals surface area (Å²) in [7, 11) is 0. The standard InChI is InChI=1S/C17H17N3O2/c21-14(9-8-13-5-2-1-3-6-13)12-20-17(22)15-7-4-10-18-16(15)11-19-20/h1-7,10-11,14,21H,8-9,12H2/t14-/m0/s1. The lowest BCUT2D eigenvalue weighted by Crippen LogP contribution is -2.29. The Morgan fingerprint density at radius 3 is 2.77 bits per heavy atom. The second-order valence-corrected chi connectivity index (χ2v) is 5.25. The molecule has 0 aliphatic heterocycles. The summed E-state index contributed by atoms with van der Waals surface area (Å²) in [4.78, 5) is 16.4. The molecule has 0 spiro atoms. The summed E-state index contributed by atoms with van der Waals surface area (Å²) in [5.41, 5.74) is 1.52. The Morgan fingerprint density at radius 2 is 1.95 bits per heavy atom. The van der Waals surface area contributed by atoms with E-state index in [0.717, 1.165) is 6.42 Å². The Morgan fingerprint density at radius 1 is 1.14 bits per heavy atom. The molecule has 112 valence electrons. The Bertz CT molecular complexity index is 815. The van der Waals surface area contributed by atoms with Crippen molar-refractivity contribution in [2.24, 2.45) is 0 Å². The number of hydrogen-bond acceptors (Lipinski definition) is 4. The molecule has 0 unspecified atom stereocenters. The van der Waals surface area contributed by atoms with Gasteiger partial charge < -0.3 is 5.11 Å². The SMILES string of the molecule is O=c1c2cccnc2cnn1C[C@@H](O)CCc1ccccc1. The van der Waals surface area contributed by atoms with Gasteiger partial charge in [0.2, 0.25) is 0 Å². The first kappa shape index (κ1) is 14.4. The van der Waals surface area contributed by atoms with Crippen LogP contribution in [0.15, 0.2) is 59.7 Å². The van der Waals surface area contributed by atoms with Crippen LogP contribution in [0.25, 0.3) is 10.9 Å². The number of aromatic nitrogens is 3. The summed E-state index contributed by atoms with van der Waals surface area (Å²) >= 11 is 0. The highest BCUT2D eigenvalue weighted by Gasteiger charge is 2.10. The predicted molar refractivity (Wildman–Crippen MR) is 84.6 cm³/mol. The van der Waals surface area contributed by atoms with Crippen LogP contribution in [0.1, 0.15) is 12.0 Å². The van der Waals surface area contributed by atoms with Gasteiger partial charge in [-0.3, -0.25) is 9.78 Å². The summed E-state index contributed by atoms with van der Waals surface area (Å²) in [6.45, 7) is 0.191. The van der Waals surface area contributed by atoms with Crippen LogP contribution >= 0.6 is 0 Å². The van der Waals surface area contributed by atoms with Gasteiger partial charge in [0.15, 0.2) is 0 Å². The van der Waals surface area contributed by atoms with E-state index in [1.54, 1.807) is 24.5 Å². The lowest BCUT2D eigenvalue weighted by atomic mass is 10.1. The Hall–Kier alpha value is -2.53. The molecule has 3 aromatic rings. The largest absolute Gasteiger partial charge is 0.391 e. The third kappa shape index (κ3) is 3.20.